The Bertz CT molecular complexity index is 1020. The Morgan fingerprint density at radius 3 is 2.73 bits per heavy atom. The van der Waals surface area contributed by atoms with Crippen LogP contribution >= 0.6 is 11.8 Å². The summed E-state index contributed by atoms with van der Waals surface area (Å²) in [6, 6.07) is 6.33. The van der Waals surface area contributed by atoms with Crippen LogP contribution in [0.25, 0.3) is 5.69 Å². The van der Waals surface area contributed by atoms with Crippen molar-refractivity contribution >= 4 is 29.3 Å². The number of rotatable bonds is 8. The first kappa shape index (κ1) is 21.6. The minimum Gasteiger partial charge on any atom is -0.481 e. The first-order valence-corrected chi connectivity index (χ1v) is 10.5. The van der Waals surface area contributed by atoms with E-state index in [0.717, 1.165) is 28.7 Å². The van der Waals surface area contributed by atoms with E-state index in [1.165, 1.54) is 6.07 Å². The lowest BCUT2D eigenvalue weighted by Gasteiger charge is -2.14. The van der Waals surface area contributed by atoms with Crippen LogP contribution in [0.1, 0.15) is 29.3 Å². The number of carbonyl (C=O) groups is 2. The van der Waals surface area contributed by atoms with Crippen LogP contribution in [0.3, 0.4) is 0 Å². The van der Waals surface area contributed by atoms with Gasteiger partial charge in [-0.1, -0.05) is 24.3 Å². The largest absolute Gasteiger partial charge is 0.481 e. The highest BCUT2D eigenvalue weighted by molar-refractivity contribution is 8.00. The van der Waals surface area contributed by atoms with Crippen molar-refractivity contribution in [3.05, 3.63) is 63.5 Å². The molecule has 2 N–H and O–H groups in total. The highest BCUT2D eigenvalue weighted by atomic mass is 32.2. The molecule has 2 atom stereocenters. The Labute approximate surface area is 177 Å². The van der Waals surface area contributed by atoms with Crippen molar-refractivity contribution < 1.29 is 19.6 Å². The third kappa shape index (κ3) is 4.70. The quantitative estimate of drug-likeness (QED) is 0.374. The summed E-state index contributed by atoms with van der Waals surface area (Å²) in [4.78, 5) is 33.5. The fourth-order valence-electron chi connectivity index (χ4n) is 3.72. The standard InChI is InChI=1S/C20H22N4O5S/c1-12-20(13(2)23(22-12)16-5-3-4-6-17(16)24(28)29)14-7-8-15(9-14)21-18(25)10-30-11-19(26)27/h3-8,14-15H,9-11H2,1-2H3,(H,21,25)(H,26,27)/t14-,15-/m1/s1. The van der Waals surface area contributed by atoms with Crippen molar-refractivity contribution in [1.29, 1.82) is 0 Å². The third-order valence-corrected chi connectivity index (χ3v) is 5.83. The first-order valence-electron chi connectivity index (χ1n) is 9.35. The third-order valence-electron chi connectivity index (χ3n) is 4.91. The molecule has 3 rings (SSSR count). The minimum absolute atomic E-state index is 0.0133. The van der Waals surface area contributed by atoms with Gasteiger partial charge in [-0.15, -0.1) is 11.8 Å². The molecule has 9 nitrogen and oxygen atoms in total. The van der Waals surface area contributed by atoms with Gasteiger partial charge in [0.25, 0.3) is 5.69 Å². The Kier molecular flexibility index (Phi) is 6.56. The fourth-order valence-corrected chi connectivity index (χ4v) is 4.27. The number of aliphatic carboxylic acids is 1. The van der Waals surface area contributed by atoms with Gasteiger partial charge in [-0.3, -0.25) is 19.7 Å². The molecule has 1 aliphatic rings. The summed E-state index contributed by atoms with van der Waals surface area (Å²) in [5, 5.41) is 27.5. The van der Waals surface area contributed by atoms with Gasteiger partial charge in [0.05, 0.1) is 22.1 Å². The molecule has 1 aromatic heterocycles. The summed E-state index contributed by atoms with van der Waals surface area (Å²) >= 11 is 1.06. The van der Waals surface area contributed by atoms with Crippen molar-refractivity contribution in [2.24, 2.45) is 0 Å². The molecule has 0 saturated heterocycles. The summed E-state index contributed by atoms with van der Waals surface area (Å²) in [6.07, 6.45) is 4.58. The number of carboxylic acid groups (broad SMARTS) is 1. The van der Waals surface area contributed by atoms with E-state index in [4.69, 9.17) is 5.11 Å². The summed E-state index contributed by atoms with van der Waals surface area (Å²) < 4.78 is 1.60. The van der Waals surface area contributed by atoms with Crippen LogP contribution in [0.2, 0.25) is 0 Å². The van der Waals surface area contributed by atoms with E-state index in [1.54, 1.807) is 22.9 Å². The maximum atomic E-state index is 12.0. The molecule has 0 saturated carbocycles. The number of benzene rings is 1. The number of carbonyl (C=O) groups excluding carboxylic acids is 1. The van der Waals surface area contributed by atoms with E-state index < -0.39 is 10.9 Å². The van der Waals surface area contributed by atoms with Crippen molar-refractivity contribution in [3.8, 4) is 5.69 Å². The van der Waals surface area contributed by atoms with Crippen molar-refractivity contribution in [1.82, 2.24) is 15.1 Å². The van der Waals surface area contributed by atoms with Crippen LogP contribution < -0.4 is 5.32 Å². The second-order valence-corrected chi connectivity index (χ2v) is 8.02. The molecule has 0 fully saturated rings. The number of allylic oxidation sites excluding steroid dienone is 1. The second-order valence-electron chi connectivity index (χ2n) is 7.03. The molecule has 30 heavy (non-hydrogen) atoms. The van der Waals surface area contributed by atoms with Gasteiger partial charge in [0.1, 0.15) is 5.69 Å². The van der Waals surface area contributed by atoms with Gasteiger partial charge in [0.15, 0.2) is 0 Å². The molecule has 158 valence electrons. The predicted molar refractivity (Wildman–Crippen MR) is 113 cm³/mol. The molecular weight excluding hydrogens is 408 g/mol. The number of thioether (sulfide) groups is 1. The van der Waals surface area contributed by atoms with E-state index in [2.05, 4.69) is 10.4 Å². The molecule has 1 aliphatic carbocycles. The number of nitrogens with zero attached hydrogens (tertiary/aromatic N) is 3. The van der Waals surface area contributed by atoms with Crippen LogP contribution in [-0.4, -0.2) is 49.2 Å². The topological polar surface area (TPSA) is 127 Å². The number of amides is 1. The zero-order chi connectivity index (χ0) is 21.8. The van der Waals surface area contributed by atoms with Crippen LogP contribution in [0, 0.1) is 24.0 Å². The van der Waals surface area contributed by atoms with E-state index >= 15 is 0 Å². The van der Waals surface area contributed by atoms with Crippen LogP contribution in [0.5, 0.6) is 0 Å². The van der Waals surface area contributed by atoms with E-state index in [9.17, 15) is 19.7 Å². The molecule has 1 heterocycles. The van der Waals surface area contributed by atoms with Crippen molar-refractivity contribution in [2.45, 2.75) is 32.2 Å². The summed E-state index contributed by atoms with van der Waals surface area (Å²) in [7, 11) is 0. The van der Waals surface area contributed by atoms with Crippen molar-refractivity contribution in [3.63, 3.8) is 0 Å². The maximum absolute atomic E-state index is 12.0. The first-order chi connectivity index (χ1) is 14.3. The normalized spacial score (nSPS) is 17.8. The maximum Gasteiger partial charge on any atom is 0.313 e. The molecular formula is C20H22N4O5S. The molecule has 0 unspecified atom stereocenters. The fraction of sp³-hybridized carbons (Fsp3) is 0.350. The van der Waals surface area contributed by atoms with Gasteiger partial charge in [-0.25, -0.2) is 4.68 Å². The molecule has 0 spiro atoms. The lowest BCUT2D eigenvalue weighted by molar-refractivity contribution is -0.384. The molecule has 0 radical (unpaired) electrons. The number of aromatic nitrogens is 2. The van der Waals surface area contributed by atoms with Crippen LogP contribution in [0.4, 0.5) is 5.69 Å². The van der Waals surface area contributed by atoms with Crippen molar-refractivity contribution in [2.75, 3.05) is 11.5 Å². The lowest BCUT2D eigenvalue weighted by atomic mass is 9.96. The zero-order valence-electron chi connectivity index (χ0n) is 16.6. The number of nitro benzene ring substituents is 1. The lowest BCUT2D eigenvalue weighted by Crippen LogP contribution is -2.34. The van der Waals surface area contributed by atoms with Gasteiger partial charge in [-0.05, 0) is 26.3 Å². The SMILES string of the molecule is Cc1nn(-c2ccccc2[N+](=O)[O-])c(C)c1[C@@H]1C=C[C@@H](NC(=O)CSCC(=O)O)C1. The monoisotopic (exact) mass is 430 g/mol. The number of carboxylic acids is 1. The smallest absolute Gasteiger partial charge is 0.313 e. The second kappa shape index (κ2) is 9.12. The summed E-state index contributed by atoms with van der Waals surface area (Å²) in [6.45, 7) is 3.75. The van der Waals surface area contributed by atoms with Gasteiger partial charge in [0, 0.05) is 29.3 Å². The Morgan fingerprint density at radius 1 is 1.30 bits per heavy atom. The predicted octanol–water partition coefficient (Wildman–Crippen LogP) is 2.74. The molecule has 1 amide bonds. The van der Waals surface area contributed by atoms with E-state index in [-0.39, 0.29) is 35.1 Å². The average Bonchev–Trinajstić information content (AvgIpc) is 3.24. The van der Waals surface area contributed by atoms with Crippen LogP contribution in [0.15, 0.2) is 36.4 Å². The number of para-hydroxylation sites is 2. The van der Waals surface area contributed by atoms with Gasteiger partial charge in [0.2, 0.25) is 5.91 Å². The number of nitro groups is 1. The Balaban J connectivity index is 1.73. The molecule has 2 aromatic rings. The number of nitrogens with one attached hydrogen (secondary N) is 1. The molecule has 0 bridgehead atoms. The van der Waals surface area contributed by atoms with Crippen LogP contribution in [-0.2, 0) is 9.59 Å². The molecule has 1 aromatic carbocycles. The molecule has 10 heteroatoms. The van der Waals surface area contributed by atoms with E-state index in [1.807, 2.05) is 26.0 Å². The molecule has 0 aliphatic heterocycles. The zero-order valence-corrected chi connectivity index (χ0v) is 17.4. The van der Waals surface area contributed by atoms with Gasteiger partial charge >= 0.3 is 5.97 Å². The summed E-state index contributed by atoms with van der Waals surface area (Å²) in [5.41, 5.74) is 2.99. The highest BCUT2D eigenvalue weighted by Gasteiger charge is 2.28. The average molecular weight is 430 g/mol. The number of hydrogen-bond acceptors (Lipinski definition) is 6. The number of hydrogen-bond donors (Lipinski definition) is 2. The van der Waals surface area contributed by atoms with Gasteiger partial charge < -0.3 is 10.4 Å². The minimum atomic E-state index is -0.949. The Hall–Kier alpha value is -3.14. The van der Waals surface area contributed by atoms with Gasteiger partial charge in [-0.2, -0.15) is 5.10 Å². The summed E-state index contributed by atoms with van der Waals surface area (Å²) in [5.74, 6) is -1.15. The Morgan fingerprint density at radius 2 is 2.03 bits per heavy atom. The van der Waals surface area contributed by atoms with E-state index in [0.29, 0.717) is 12.1 Å². The number of aryl methyl sites for hydroxylation is 1. The highest BCUT2D eigenvalue weighted by Crippen LogP contribution is 2.35.